The van der Waals surface area contributed by atoms with Crippen LogP contribution in [-0.4, -0.2) is 48.4 Å². The third kappa shape index (κ3) is 6.23. The van der Waals surface area contributed by atoms with Crippen LogP contribution in [0.25, 0.3) is 0 Å². The fourth-order valence-electron chi connectivity index (χ4n) is 4.15. The van der Waals surface area contributed by atoms with Crippen molar-refractivity contribution < 1.29 is 22.7 Å². The number of nitrogens with zero attached hydrogens (tertiary/aromatic N) is 2. The molecule has 3 aromatic carbocycles. The summed E-state index contributed by atoms with van der Waals surface area (Å²) in [4.78, 5) is 16.8. The number of hydrogen-bond donors (Lipinski definition) is 0. The number of halogens is 4. The molecular weight excluding hydrogens is 477 g/mol. The molecule has 0 aromatic heterocycles. The minimum atomic E-state index is -0.653. The second-order valence-corrected chi connectivity index (χ2v) is 9.04. The van der Waals surface area contributed by atoms with E-state index in [2.05, 4.69) is 4.90 Å². The largest absolute Gasteiger partial charge is 0.367 e. The van der Waals surface area contributed by atoms with Crippen LogP contribution >= 0.6 is 11.6 Å². The molecule has 0 bridgehead atoms. The zero-order valence-corrected chi connectivity index (χ0v) is 20.1. The van der Waals surface area contributed by atoms with E-state index >= 15 is 0 Å². The van der Waals surface area contributed by atoms with Gasteiger partial charge in [-0.2, -0.15) is 0 Å². The van der Waals surface area contributed by atoms with Crippen molar-refractivity contribution >= 4 is 17.5 Å². The van der Waals surface area contributed by atoms with Gasteiger partial charge in [0, 0.05) is 48.9 Å². The average Bonchev–Trinajstić information content (AvgIpc) is 2.85. The molecule has 0 aliphatic carbocycles. The lowest BCUT2D eigenvalue weighted by Gasteiger charge is -2.36. The highest BCUT2D eigenvalue weighted by molar-refractivity contribution is 6.30. The summed E-state index contributed by atoms with van der Waals surface area (Å²) in [5, 5.41) is 0.576. The van der Waals surface area contributed by atoms with Gasteiger partial charge in [-0.25, -0.2) is 13.2 Å². The number of carbonyl (C=O) groups excluding carboxylic acids is 1. The summed E-state index contributed by atoms with van der Waals surface area (Å²) in [5.41, 5.74) is 1.82. The van der Waals surface area contributed by atoms with Crippen LogP contribution in [0.1, 0.15) is 33.2 Å². The third-order valence-electron chi connectivity index (χ3n) is 6.25. The summed E-state index contributed by atoms with van der Waals surface area (Å²) in [6, 6.07) is 15.1. The van der Waals surface area contributed by atoms with Gasteiger partial charge >= 0.3 is 0 Å². The summed E-state index contributed by atoms with van der Waals surface area (Å²) in [7, 11) is 0. The van der Waals surface area contributed by atoms with Crippen LogP contribution in [0.3, 0.4) is 0 Å². The van der Waals surface area contributed by atoms with Crippen LogP contribution < -0.4 is 0 Å². The van der Waals surface area contributed by atoms with E-state index in [9.17, 15) is 18.0 Å². The lowest BCUT2D eigenvalue weighted by atomic mass is 10.1. The van der Waals surface area contributed by atoms with Crippen LogP contribution in [0.4, 0.5) is 13.2 Å². The standard InChI is InChI=1S/C27H26ClF3N2O2/c1-18-5-10-21(29)15-22(18)27(34)33-13-11-32(12-14-33)16-26(19-6-8-20(28)9-7-19)35-17-23-24(30)3-2-4-25(23)31/h2-10,15,26H,11-14,16-17H2,1H3. The predicted octanol–water partition coefficient (Wildman–Crippen LogP) is 5.78. The van der Waals surface area contributed by atoms with Gasteiger partial charge in [0.1, 0.15) is 17.5 Å². The Morgan fingerprint density at radius 2 is 1.63 bits per heavy atom. The Morgan fingerprint density at radius 1 is 0.971 bits per heavy atom. The van der Waals surface area contributed by atoms with Crippen molar-refractivity contribution in [3.05, 3.63) is 105 Å². The second-order valence-electron chi connectivity index (χ2n) is 8.60. The summed E-state index contributed by atoms with van der Waals surface area (Å²) >= 11 is 6.03. The van der Waals surface area contributed by atoms with E-state index in [0.717, 1.165) is 11.1 Å². The first kappa shape index (κ1) is 25.2. The quantitative estimate of drug-likeness (QED) is 0.410. The van der Waals surface area contributed by atoms with E-state index < -0.39 is 23.6 Å². The highest BCUT2D eigenvalue weighted by Gasteiger charge is 2.26. The molecule has 1 aliphatic rings. The molecule has 35 heavy (non-hydrogen) atoms. The van der Waals surface area contributed by atoms with Crippen molar-refractivity contribution in [2.24, 2.45) is 0 Å². The summed E-state index contributed by atoms with van der Waals surface area (Å²) in [5.74, 6) is -1.94. The molecule has 1 saturated heterocycles. The number of rotatable bonds is 7. The first-order valence-electron chi connectivity index (χ1n) is 11.4. The van der Waals surface area contributed by atoms with E-state index in [0.29, 0.717) is 43.3 Å². The van der Waals surface area contributed by atoms with Gasteiger partial charge in [0.25, 0.3) is 5.91 Å². The molecule has 1 aliphatic heterocycles. The van der Waals surface area contributed by atoms with Crippen molar-refractivity contribution in [3.63, 3.8) is 0 Å². The Balaban J connectivity index is 1.42. The van der Waals surface area contributed by atoms with Gasteiger partial charge in [0.05, 0.1) is 12.7 Å². The molecule has 0 saturated carbocycles. The van der Waals surface area contributed by atoms with Crippen molar-refractivity contribution in [1.82, 2.24) is 9.80 Å². The molecule has 0 N–H and O–H groups in total. The molecule has 3 aromatic rings. The molecule has 1 amide bonds. The van der Waals surface area contributed by atoms with E-state index in [1.165, 1.54) is 30.3 Å². The van der Waals surface area contributed by atoms with Gasteiger partial charge in [-0.15, -0.1) is 0 Å². The Hall–Kier alpha value is -2.87. The Labute approximate surface area is 207 Å². The molecule has 1 heterocycles. The fraction of sp³-hybridized carbons (Fsp3) is 0.296. The molecule has 1 atom stereocenters. The maximum atomic E-state index is 14.1. The molecule has 184 valence electrons. The van der Waals surface area contributed by atoms with E-state index in [-0.39, 0.29) is 18.1 Å². The molecule has 1 fully saturated rings. The topological polar surface area (TPSA) is 32.8 Å². The lowest BCUT2D eigenvalue weighted by molar-refractivity contribution is 0.00144. The predicted molar refractivity (Wildman–Crippen MR) is 129 cm³/mol. The third-order valence-corrected chi connectivity index (χ3v) is 6.50. The van der Waals surface area contributed by atoms with Crippen LogP contribution in [-0.2, 0) is 11.3 Å². The maximum Gasteiger partial charge on any atom is 0.254 e. The Kier molecular flexibility index (Phi) is 8.11. The number of aryl methyl sites for hydroxylation is 1. The smallest absolute Gasteiger partial charge is 0.254 e. The minimum Gasteiger partial charge on any atom is -0.367 e. The summed E-state index contributed by atoms with van der Waals surface area (Å²) < 4.78 is 47.9. The number of ether oxygens (including phenoxy) is 1. The number of hydrogen-bond acceptors (Lipinski definition) is 3. The molecule has 0 spiro atoms. The van der Waals surface area contributed by atoms with Crippen molar-refractivity contribution in [3.8, 4) is 0 Å². The summed E-state index contributed by atoms with van der Waals surface area (Å²) in [6.45, 7) is 4.16. The van der Waals surface area contributed by atoms with Crippen molar-refractivity contribution in [2.75, 3.05) is 32.7 Å². The lowest BCUT2D eigenvalue weighted by Crippen LogP contribution is -2.49. The van der Waals surface area contributed by atoms with Crippen LogP contribution in [0.5, 0.6) is 0 Å². The molecule has 4 rings (SSSR count). The fourth-order valence-corrected chi connectivity index (χ4v) is 4.27. The molecule has 8 heteroatoms. The average molecular weight is 503 g/mol. The SMILES string of the molecule is Cc1ccc(F)cc1C(=O)N1CCN(CC(OCc2c(F)cccc2F)c2ccc(Cl)cc2)CC1. The Bertz CT molecular complexity index is 1160. The van der Waals surface area contributed by atoms with Gasteiger partial charge < -0.3 is 9.64 Å². The Morgan fingerprint density at radius 3 is 2.29 bits per heavy atom. The molecular formula is C27H26ClF3N2O2. The van der Waals surface area contributed by atoms with E-state index in [1.54, 1.807) is 30.0 Å². The number of carbonyl (C=O) groups is 1. The van der Waals surface area contributed by atoms with Gasteiger partial charge in [-0.3, -0.25) is 9.69 Å². The minimum absolute atomic E-state index is 0.118. The van der Waals surface area contributed by atoms with Crippen LogP contribution in [0.2, 0.25) is 5.02 Å². The first-order chi connectivity index (χ1) is 16.8. The van der Waals surface area contributed by atoms with Crippen molar-refractivity contribution in [2.45, 2.75) is 19.6 Å². The van der Waals surface area contributed by atoms with Crippen LogP contribution in [0.15, 0.2) is 60.7 Å². The number of amides is 1. The zero-order valence-electron chi connectivity index (χ0n) is 19.3. The molecule has 1 unspecified atom stereocenters. The molecule has 0 radical (unpaired) electrons. The zero-order chi connectivity index (χ0) is 24.9. The first-order valence-corrected chi connectivity index (χ1v) is 11.8. The van der Waals surface area contributed by atoms with E-state index in [4.69, 9.17) is 16.3 Å². The highest BCUT2D eigenvalue weighted by atomic mass is 35.5. The number of piperazine rings is 1. The van der Waals surface area contributed by atoms with Gasteiger partial charge in [-0.1, -0.05) is 35.9 Å². The second kappa shape index (κ2) is 11.2. The maximum absolute atomic E-state index is 14.1. The normalized spacial score (nSPS) is 15.3. The monoisotopic (exact) mass is 502 g/mol. The van der Waals surface area contributed by atoms with E-state index in [1.807, 2.05) is 12.1 Å². The van der Waals surface area contributed by atoms with Crippen LogP contribution in [0, 0.1) is 24.4 Å². The highest BCUT2D eigenvalue weighted by Crippen LogP contribution is 2.25. The summed E-state index contributed by atoms with van der Waals surface area (Å²) in [6.07, 6.45) is -0.459. The molecule has 4 nitrogen and oxygen atoms in total. The van der Waals surface area contributed by atoms with Crippen molar-refractivity contribution in [1.29, 1.82) is 0 Å². The number of benzene rings is 3. The van der Waals surface area contributed by atoms with Gasteiger partial charge in [0.15, 0.2) is 0 Å². The van der Waals surface area contributed by atoms with Gasteiger partial charge in [-0.05, 0) is 54.4 Å². The van der Waals surface area contributed by atoms with Gasteiger partial charge in [0.2, 0.25) is 0 Å².